The predicted octanol–water partition coefficient (Wildman–Crippen LogP) is 2.71. The summed E-state index contributed by atoms with van der Waals surface area (Å²) in [5.41, 5.74) is 2.44. The van der Waals surface area contributed by atoms with Crippen molar-refractivity contribution < 1.29 is 23.1 Å². The summed E-state index contributed by atoms with van der Waals surface area (Å²) in [6.45, 7) is 3.47. The van der Waals surface area contributed by atoms with Gasteiger partial charge in [0, 0.05) is 7.05 Å². The molecule has 1 aromatic heterocycles. The van der Waals surface area contributed by atoms with Gasteiger partial charge in [-0.3, -0.25) is 0 Å². The molecule has 0 radical (unpaired) electrons. The van der Waals surface area contributed by atoms with Gasteiger partial charge in [-0.2, -0.15) is 4.31 Å². The first-order valence-electron chi connectivity index (χ1n) is 8.47. The molecule has 0 fully saturated rings. The molecule has 0 saturated carbocycles. The molecule has 28 heavy (non-hydrogen) atoms. The number of carbonyl (C=O) groups is 1. The van der Waals surface area contributed by atoms with E-state index in [9.17, 15) is 13.2 Å². The first-order valence-corrected chi connectivity index (χ1v) is 9.91. The van der Waals surface area contributed by atoms with Crippen LogP contribution in [0.15, 0.2) is 35.2 Å². The number of hydrogen-bond donors (Lipinski definition) is 2. The number of benzene rings is 2. The summed E-state index contributed by atoms with van der Waals surface area (Å²) in [4.78, 5) is 18.7. The van der Waals surface area contributed by atoms with Crippen molar-refractivity contribution in [1.82, 2.24) is 14.3 Å². The largest absolute Gasteiger partial charge is 0.497 e. The van der Waals surface area contributed by atoms with E-state index in [-0.39, 0.29) is 17.0 Å². The van der Waals surface area contributed by atoms with Gasteiger partial charge < -0.3 is 14.8 Å². The molecule has 0 atom stereocenters. The summed E-state index contributed by atoms with van der Waals surface area (Å²) in [6.07, 6.45) is 0. The van der Waals surface area contributed by atoms with Crippen LogP contribution in [-0.4, -0.2) is 47.9 Å². The Morgan fingerprint density at radius 1 is 1.21 bits per heavy atom. The van der Waals surface area contributed by atoms with E-state index in [0.717, 1.165) is 0 Å². The number of carboxylic acids is 1. The van der Waals surface area contributed by atoms with Gasteiger partial charge in [0.15, 0.2) is 0 Å². The number of imidazole rings is 1. The van der Waals surface area contributed by atoms with Crippen LogP contribution >= 0.6 is 0 Å². The molecular formula is C19H21N3O5S. The number of aromatic amines is 1. The smallest absolute Gasteiger partial charge is 0.335 e. The number of methoxy groups -OCH3 is 1. The number of carboxylic acid groups (broad SMARTS) is 1. The van der Waals surface area contributed by atoms with Gasteiger partial charge in [0.05, 0.1) is 35.1 Å². The Labute approximate surface area is 162 Å². The monoisotopic (exact) mass is 403 g/mol. The number of rotatable bonds is 6. The summed E-state index contributed by atoms with van der Waals surface area (Å²) in [5, 5.41) is 9.09. The van der Waals surface area contributed by atoms with Crippen molar-refractivity contribution in [1.29, 1.82) is 0 Å². The van der Waals surface area contributed by atoms with E-state index in [1.165, 1.54) is 30.6 Å². The number of aromatic carboxylic acids is 1. The quantitative estimate of drug-likeness (QED) is 0.654. The number of nitrogens with one attached hydrogen (secondary N) is 1. The molecule has 8 nitrogen and oxygen atoms in total. The number of H-pyrrole nitrogens is 1. The Bertz CT molecular complexity index is 1140. The molecule has 0 aliphatic heterocycles. The fraction of sp³-hybridized carbons (Fsp3) is 0.263. The molecule has 0 saturated heterocycles. The minimum absolute atomic E-state index is 0.0182. The molecule has 148 valence electrons. The summed E-state index contributed by atoms with van der Waals surface area (Å²) >= 11 is 0. The van der Waals surface area contributed by atoms with Crippen LogP contribution in [0.4, 0.5) is 0 Å². The van der Waals surface area contributed by atoms with E-state index < -0.39 is 16.0 Å². The fourth-order valence-electron chi connectivity index (χ4n) is 3.16. The highest BCUT2D eigenvalue weighted by Crippen LogP contribution is 2.28. The molecule has 1 heterocycles. The summed E-state index contributed by atoms with van der Waals surface area (Å²) in [7, 11) is -0.745. The molecule has 0 unspecified atom stereocenters. The standard InChI is InChI=1S/C19H21N3O5S/c1-11-7-14(27-4)8-12(2)18(11)28(25,26)22(3)10-17-20-15-6-5-13(19(23)24)9-16(15)21-17/h5-9H,10H2,1-4H3,(H,20,21)(H,23,24). The molecule has 0 amide bonds. The van der Waals surface area contributed by atoms with E-state index in [1.54, 1.807) is 32.0 Å². The summed E-state index contributed by atoms with van der Waals surface area (Å²) < 4.78 is 32.6. The maximum Gasteiger partial charge on any atom is 0.335 e. The van der Waals surface area contributed by atoms with Crippen LogP contribution in [0.3, 0.4) is 0 Å². The Morgan fingerprint density at radius 2 is 1.86 bits per heavy atom. The van der Waals surface area contributed by atoms with Crippen molar-refractivity contribution in [3.05, 3.63) is 52.8 Å². The second kappa shape index (κ2) is 7.25. The minimum atomic E-state index is -3.76. The van der Waals surface area contributed by atoms with E-state index in [1.807, 2.05) is 0 Å². The molecule has 2 N–H and O–H groups in total. The van der Waals surface area contributed by atoms with Crippen molar-refractivity contribution in [2.45, 2.75) is 25.3 Å². The Morgan fingerprint density at radius 3 is 2.43 bits per heavy atom. The topological polar surface area (TPSA) is 113 Å². The van der Waals surface area contributed by atoms with Crippen LogP contribution in [0, 0.1) is 13.8 Å². The number of sulfonamides is 1. The van der Waals surface area contributed by atoms with Gasteiger partial charge in [-0.05, 0) is 55.3 Å². The highest BCUT2D eigenvalue weighted by molar-refractivity contribution is 7.89. The molecule has 3 aromatic rings. The average molecular weight is 403 g/mol. The normalized spacial score (nSPS) is 11.9. The first kappa shape index (κ1) is 19.8. The zero-order valence-electron chi connectivity index (χ0n) is 16.0. The van der Waals surface area contributed by atoms with E-state index in [0.29, 0.717) is 33.7 Å². The molecule has 0 bridgehead atoms. The third-order valence-electron chi connectivity index (χ3n) is 4.49. The van der Waals surface area contributed by atoms with E-state index >= 15 is 0 Å². The van der Waals surface area contributed by atoms with Crippen LogP contribution < -0.4 is 4.74 Å². The van der Waals surface area contributed by atoms with Crippen LogP contribution in [0.5, 0.6) is 5.75 Å². The maximum atomic E-state index is 13.1. The summed E-state index contributed by atoms with van der Waals surface area (Å²) in [6, 6.07) is 7.88. The van der Waals surface area contributed by atoms with Crippen LogP contribution in [-0.2, 0) is 16.6 Å². The van der Waals surface area contributed by atoms with Crippen molar-refractivity contribution in [2.24, 2.45) is 0 Å². The van der Waals surface area contributed by atoms with Crippen molar-refractivity contribution >= 4 is 27.0 Å². The predicted molar refractivity (Wildman–Crippen MR) is 104 cm³/mol. The maximum absolute atomic E-state index is 13.1. The van der Waals surface area contributed by atoms with E-state index in [4.69, 9.17) is 9.84 Å². The van der Waals surface area contributed by atoms with Gasteiger partial charge in [-0.1, -0.05) is 0 Å². The number of hydrogen-bond acceptors (Lipinski definition) is 5. The second-order valence-corrected chi connectivity index (χ2v) is 8.55. The lowest BCUT2D eigenvalue weighted by Gasteiger charge is -2.19. The van der Waals surface area contributed by atoms with Crippen LogP contribution in [0.2, 0.25) is 0 Å². The van der Waals surface area contributed by atoms with Crippen LogP contribution in [0.1, 0.15) is 27.3 Å². The molecule has 0 aliphatic rings. The third kappa shape index (κ3) is 3.58. The highest BCUT2D eigenvalue weighted by atomic mass is 32.2. The molecule has 0 spiro atoms. The first-order chi connectivity index (χ1) is 13.1. The Kier molecular flexibility index (Phi) is 5.14. The van der Waals surface area contributed by atoms with Gasteiger partial charge in [0.1, 0.15) is 11.6 Å². The third-order valence-corrected chi connectivity index (χ3v) is 6.60. The second-order valence-electron chi connectivity index (χ2n) is 6.57. The van der Waals surface area contributed by atoms with Crippen molar-refractivity contribution in [2.75, 3.05) is 14.2 Å². The zero-order valence-corrected chi connectivity index (χ0v) is 16.8. The minimum Gasteiger partial charge on any atom is -0.497 e. The molecule has 9 heteroatoms. The van der Waals surface area contributed by atoms with Gasteiger partial charge >= 0.3 is 5.97 Å². The number of fused-ring (bicyclic) bond motifs is 1. The van der Waals surface area contributed by atoms with Crippen molar-refractivity contribution in [3.8, 4) is 5.75 Å². The number of aromatic nitrogens is 2. The van der Waals surface area contributed by atoms with Gasteiger partial charge in [-0.15, -0.1) is 0 Å². The SMILES string of the molecule is COc1cc(C)c(S(=O)(=O)N(C)Cc2nc3ccc(C(=O)O)cc3[nH]2)c(C)c1. The van der Waals surface area contributed by atoms with Gasteiger partial charge in [-0.25, -0.2) is 18.2 Å². The lowest BCUT2D eigenvalue weighted by molar-refractivity contribution is 0.0697. The Hall–Kier alpha value is -2.91. The van der Waals surface area contributed by atoms with Gasteiger partial charge in [0.25, 0.3) is 0 Å². The highest BCUT2D eigenvalue weighted by Gasteiger charge is 2.26. The van der Waals surface area contributed by atoms with E-state index in [2.05, 4.69) is 9.97 Å². The molecule has 0 aliphatic carbocycles. The summed E-state index contributed by atoms with van der Waals surface area (Å²) in [5.74, 6) is -0.0150. The molecular weight excluding hydrogens is 382 g/mol. The fourth-order valence-corrected chi connectivity index (χ4v) is 4.69. The number of nitrogens with zero attached hydrogens (tertiary/aromatic N) is 2. The molecule has 3 rings (SSSR count). The zero-order chi connectivity index (χ0) is 20.6. The number of aryl methyl sites for hydroxylation is 2. The lowest BCUT2D eigenvalue weighted by Crippen LogP contribution is -2.28. The lowest BCUT2D eigenvalue weighted by atomic mass is 10.1. The van der Waals surface area contributed by atoms with Gasteiger partial charge in [0.2, 0.25) is 10.0 Å². The van der Waals surface area contributed by atoms with Crippen molar-refractivity contribution in [3.63, 3.8) is 0 Å². The Balaban J connectivity index is 1.93. The molecule has 2 aromatic carbocycles. The average Bonchev–Trinajstić information content (AvgIpc) is 3.01. The number of ether oxygens (including phenoxy) is 1. The van der Waals surface area contributed by atoms with Crippen LogP contribution in [0.25, 0.3) is 11.0 Å².